The summed E-state index contributed by atoms with van der Waals surface area (Å²) in [4.78, 5) is 22.4. The third kappa shape index (κ3) is 3.48. The van der Waals surface area contributed by atoms with Gasteiger partial charge in [0.1, 0.15) is 12.0 Å². The van der Waals surface area contributed by atoms with Crippen LogP contribution in [0.5, 0.6) is 0 Å². The Morgan fingerprint density at radius 3 is 2.32 bits per heavy atom. The molecule has 0 bridgehead atoms. The largest absolute Gasteiger partial charge is 0.480 e. The summed E-state index contributed by atoms with van der Waals surface area (Å²) in [6.07, 6.45) is -6.15. The van der Waals surface area contributed by atoms with Crippen LogP contribution in [0, 0.1) is 5.92 Å². The number of alkyl halides is 5. The van der Waals surface area contributed by atoms with Gasteiger partial charge < -0.3 is 10.0 Å². The molecule has 19 heavy (non-hydrogen) atoms. The molecule has 1 N–H and O–H groups in total. The normalized spacial score (nSPS) is 24.3. The minimum absolute atomic E-state index is 0.0662. The Morgan fingerprint density at radius 1 is 1.42 bits per heavy atom. The molecule has 0 saturated carbocycles. The first-order valence-corrected chi connectivity index (χ1v) is 5.71. The van der Waals surface area contributed by atoms with E-state index in [0.29, 0.717) is 0 Å². The first-order valence-electron chi connectivity index (χ1n) is 5.08. The summed E-state index contributed by atoms with van der Waals surface area (Å²) in [6.45, 7) is -1.33. The predicted octanol–water partition coefficient (Wildman–Crippen LogP) is 1.42. The lowest BCUT2D eigenvalue weighted by Gasteiger charge is -2.26. The van der Waals surface area contributed by atoms with Crippen molar-refractivity contribution in [1.82, 2.24) is 4.90 Å². The number of hydrogen-bond donors (Lipinski definition) is 2. The highest BCUT2D eigenvalue weighted by molar-refractivity contribution is 7.80. The highest BCUT2D eigenvalue weighted by Crippen LogP contribution is 2.36. The van der Waals surface area contributed by atoms with E-state index in [4.69, 9.17) is 5.11 Å². The van der Waals surface area contributed by atoms with Crippen molar-refractivity contribution >= 4 is 24.5 Å². The van der Waals surface area contributed by atoms with Gasteiger partial charge in [0, 0.05) is 12.2 Å². The summed E-state index contributed by atoms with van der Waals surface area (Å²) in [5.41, 5.74) is 0. The van der Waals surface area contributed by atoms with Gasteiger partial charge in [-0.15, -0.1) is 0 Å². The van der Waals surface area contributed by atoms with Crippen LogP contribution < -0.4 is 0 Å². The molecule has 0 radical (unpaired) electrons. The number of carboxylic acid groups (broad SMARTS) is 1. The maximum atomic E-state index is 13.1. The number of nitrogens with zero attached hydrogens (tertiary/aromatic N) is 1. The zero-order valence-electron chi connectivity index (χ0n) is 9.32. The van der Waals surface area contributed by atoms with Crippen molar-refractivity contribution in [3.63, 3.8) is 0 Å². The molecular formula is C9H10F5NO3S. The fraction of sp³-hybridized carbons (Fsp3) is 0.778. The summed E-state index contributed by atoms with van der Waals surface area (Å²) in [7, 11) is 0. The zero-order valence-corrected chi connectivity index (χ0v) is 10.2. The van der Waals surface area contributed by atoms with Crippen LogP contribution >= 0.6 is 12.6 Å². The van der Waals surface area contributed by atoms with Gasteiger partial charge in [0.2, 0.25) is 5.91 Å². The maximum absolute atomic E-state index is 13.1. The molecule has 1 heterocycles. The SMILES string of the molecule is O=C(O)[C@@H]1CC(F)(F)CN1C(=O)C(CS)C(F)(F)F. The molecule has 1 saturated heterocycles. The molecular weight excluding hydrogens is 297 g/mol. The molecule has 1 unspecified atom stereocenters. The van der Waals surface area contributed by atoms with Gasteiger partial charge in [-0.05, 0) is 0 Å². The number of carbonyl (C=O) groups is 2. The molecule has 1 amide bonds. The van der Waals surface area contributed by atoms with E-state index in [-0.39, 0.29) is 4.90 Å². The van der Waals surface area contributed by atoms with E-state index in [2.05, 4.69) is 12.6 Å². The molecule has 0 spiro atoms. The van der Waals surface area contributed by atoms with Crippen LogP contribution in [0.2, 0.25) is 0 Å². The van der Waals surface area contributed by atoms with E-state index in [1.807, 2.05) is 0 Å². The van der Waals surface area contributed by atoms with Gasteiger partial charge in [-0.1, -0.05) is 0 Å². The summed E-state index contributed by atoms with van der Waals surface area (Å²) < 4.78 is 63.7. The van der Waals surface area contributed by atoms with Crippen molar-refractivity contribution in [3.05, 3.63) is 0 Å². The average molecular weight is 307 g/mol. The molecule has 0 aromatic rings. The average Bonchev–Trinajstić information content (AvgIpc) is 2.53. The number of halogens is 5. The predicted molar refractivity (Wildman–Crippen MR) is 56.1 cm³/mol. The van der Waals surface area contributed by atoms with Crippen molar-refractivity contribution in [2.45, 2.75) is 24.6 Å². The molecule has 1 aliphatic rings. The van der Waals surface area contributed by atoms with Crippen molar-refractivity contribution in [3.8, 4) is 0 Å². The van der Waals surface area contributed by atoms with Gasteiger partial charge in [-0.25, -0.2) is 13.6 Å². The molecule has 1 fully saturated rings. The second kappa shape index (κ2) is 5.14. The van der Waals surface area contributed by atoms with Crippen molar-refractivity contribution in [2.75, 3.05) is 12.3 Å². The molecule has 1 aliphatic heterocycles. The van der Waals surface area contributed by atoms with E-state index < -0.39 is 54.7 Å². The van der Waals surface area contributed by atoms with Crippen LogP contribution in [-0.2, 0) is 9.59 Å². The summed E-state index contributed by atoms with van der Waals surface area (Å²) in [5.74, 6) is -10.5. The smallest absolute Gasteiger partial charge is 0.401 e. The zero-order chi connectivity index (χ0) is 15.0. The first-order chi connectivity index (χ1) is 8.49. The minimum atomic E-state index is -4.96. The number of aliphatic carboxylic acids is 1. The lowest BCUT2D eigenvalue weighted by Crippen LogP contribution is -2.48. The number of carbonyl (C=O) groups excluding carboxylic acids is 1. The molecule has 1 rings (SSSR count). The second-order valence-corrected chi connectivity index (χ2v) is 4.52. The Morgan fingerprint density at radius 2 is 1.95 bits per heavy atom. The first kappa shape index (κ1) is 16.0. The monoisotopic (exact) mass is 307 g/mol. The van der Waals surface area contributed by atoms with Gasteiger partial charge >= 0.3 is 12.1 Å². The van der Waals surface area contributed by atoms with Crippen LogP contribution in [0.4, 0.5) is 22.0 Å². The van der Waals surface area contributed by atoms with Crippen LogP contribution in [0.15, 0.2) is 0 Å². The van der Waals surface area contributed by atoms with Gasteiger partial charge in [0.05, 0.1) is 6.54 Å². The second-order valence-electron chi connectivity index (χ2n) is 4.16. The minimum Gasteiger partial charge on any atom is -0.480 e. The Labute approximate surface area is 110 Å². The number of amides is 1. The third-order valence-corrected chi connectivity index (χ3v) is 3.08. The molecule has 0 aromatic heterocycles. The lowest BCUT2D eigenvalue weighted by molar-refractivity contribution is -0.186. The summed E-state index contributed by atoms with van der Waals surface area (Å²) >= 11 is 3.36. The van der Waals surface area contributed by atoms with Crippen LogP contribution in [0.3, 0.4) is 0 Å². The van der Waals surface area contributed by atoms with Crippen molar-refractivity contribution in [2.24, 2.45) is 5.92 Å². The highest BCUT2D eigenvalue weighted by Gasteiger charge is 2.54. The number of thiol groups is 1. The Hall–Kier alpha value is -1.06. The third-order valence-electron chi connectivity index (χ3n) is 2.71. The van der Waals surface area contributed by atoms with Crippen molar-refractivity contribution in [1.29, 1.82) is 0 Å². The van der Waals surface area contributed by atoms with Crippen LogP contribution in [0.1, 0.15) is 6.42 Å². The fourth-order valence-corrected chi connectivity index (χ4v) is 2.15. The summed E-state index contributed by atoms with van der Waals surface area (Å²) in [5, 5.41) is 8.69. The van der Waals surface area contributed by atoms with E-state index in [0.717, 1.165) is 0 Å². The van der Waals surface area contributed by atoms with Gasteiger partial charge in [0.15, 0.2) is 0 Å². The molecule has 0 aliphatic carbocycles. The number of rotatable bonds is 3. The summed E-state index contributed by atoms with van der Waals surface area (Å²) in [6, 6.07) is -1.95. The molecule has 10 heteroatoms. The molecule has 0 aromatic carbocycles. The lowest BCUT2D eigenvalue weighted by atomic mass is 10.1. The Kier molecular flexibility index (Phi) is 4.33. The van der Waals surface area contributed by atoms with Crippen LogP contribution in [-0.4, -0.2) is 52.3 Å². The Balaban J connectivity index is 3.00. The standard InChI is InChI=1S/C9H10F5NO3S/c10-8(11)1-5(7(17)18)15(3-8)6(16)4(2-19)9(12,13)14/h4-5,19H,1-3H2,(H,17,18)/t4?,5-/m0/s1. The van der Waals surface area contributed by atoms with Gasteiger partial charge in [0.25, 0.3) is 5.92 Å². The van der Waals surface area contributed by atoms with Crippen LogP contribution in [0.25, 0.3) is 0 Å². The van der Waals surface area contributed by atoms with Gasteiger partial charge in [-0.3, -0.25) is 4.79 Å². The number of carboxylic acids is 1. The quantitative estimate of drug-likeness (QED) is 0.612. The highest BCUT2D eigenvalue weighted by atomic mass is 32.1. The van der Waals surface area contributed by atoms with E-state index in [9.17, 15) is 31.5 Å². The molecule has 110 valence electrons. The maximum Gasteiger partial charge on any atom is 0.401 e. The number of hydrogen-bond acceptors (Lipinski definition) is 3. The Bertz CT molecular complexity index is 387. The van der Waals surface area contributed by atoms with Gasteiger partial charge in [-0.2, -0.15) is 25.8 Å². The van der Waals surface area contributed by atoms with Crippen molar-refractivity contribution < 1.29 is 36.6 Å². The fourth-order valence-electron chi connectivity index (χ4n) is 1.79. The topological polar surface area (TPSA) is 57.6 Å². The number of likely N-dealkylation sites (tertiary alicyclic amines) is 1. The van der Waals surface area contributed by atoms with E-state index >= 15 is 0 Å². The molecule has 4 nitrogen and oxygen atoms in total. The van der Waals surface area contributed by atoms with E-state index in [1.165, 1.54) is 0 Å². The van der Waals surface area contributed by atoms with E-state index in [1.54, 1.807) is 0 Å². The molecule has 2 atom stereocenters.